The Morgan fingerprint density at radius 3 is 2.54 bits per heavy atom. The molecule has 1 rings (SSSR count). The van der Waals surface area contributed by atoms with Crippen LogP contribution in [0.4, 0.5) is 10.1 Å². The normalized spacial score (nSPS) is 9.69. The molecule has 3 heteroatoms. The van der Waals surface area contributed by atoms with Gasteiger partial charge in [0.2, 0.25) is 0 Å². The maximum atomic E-state index is 11.7. The summed E-state index contributed by atoms with van der Waals surface area (Å²) in [7, 11) is 1.86. The summed E-state index contributed by atoms with van der Waals surface area (Å²) in [4.78, 5) is 0. The fraction of sp³-hybridized carbons (Fsp3) is 0.400. The highest BCUT2D eigenvalue weighted by molar-refractivity contribution is 5.45. The van der Waals surface area contributed by atoms with Gasteiger partial charge in [0.25, 0.3) is 0 Å². The molecule has 0 heterocycles. The number of alkyl halides is 1. The van der Waals surface area contributed by atoms with Crippen molar-refractivity contribution in [2.45, 2.75) is 6.42 Å². The van der Waals surface area contributed by atoms with Crippen LogP contribution in [-0.4, -0.2) is 20.3 Å². The lowest BCUT2D eigenvalue weighted by Crippen LogP contribution is -1.98. The molecule has 0 radical (unpaired) electrons. The maximum Gasteiger partial charge on any atom is 0.119 e. The molecule has 0 atom stereocenters. The molecule has 0 unspecified atom stereocenters. The Bertz CT molecular complexity index is 235. The number of halogens is 1. The highest BCUT2D eigenvalue weighted by atomic mass is 19.1. The van der Waals surface area contributed by atoms with Gasteiger partial charge in [0.05, 0.1) is 13.3 Å². The van der Waals surface area contributed by atoms with Crippen LogP contribution in [0.15, 0.2) is 24.3 Å². The first-order chi connectivity index (χ1) is 6.36. The average molecular weight is 183 g/mol. The zero-order valence-electron chi connectivity index (χ0n) is 7.72. The molecule has 13 heavy (non-hydrogen) atoms. The third-order valence-corrected chi connectivity index (χ3v) is 1.69. The molecule has 1 aromatic rings. The van der Waals surface area contributed by atoms with Crippen LogP contribution in [0, 0.1) is 0 Å². The van der Waals surface area contributed by atoms with Crippen molar-refractivity contribution in [2.24, 2.45) is 0 Å². The molecule has 0 aliphatic rings. The van der Waals surface area contributed by atoms with E-state index in [2.05, 4.69) is 5.32 Å². The van der Waals surface area contributed by atoms with Gasteiger partial charge in [0.15, 0.2) is 0 Å². The smallest absolute Gasteiger partial charge is 0.119 e. The van der Waals surface area contributed by atoms with Crippen molar-refractivity contribution in [1.29, 1.82) is 0 Å². The van der Waals surface area contributed by atoms with Gasteiger partial charge in [-0.2, -0.15) is 0 Å². The molecule has 0 bridgehead atoms. The minimum absolute atomic E-state index is 0.325. The summed E-state index contributed by atoms with van der Waals surface area (Å²) in [5.74, 6) is 0.785. The van der Waals surface area contributed by atoms with Crippen LogP contribution in [0.5, 0.6) is 5.75 Å². The lowest BCUT2D eigenvalue weighted by Gasteiger charge is -2.05. The molecular weight excluding hydrogens is 169 g/mol. The molecule has 1 N–H and O–H groups in total. The highest BCUT2D eigenvalue weighted by Crippen LogP contribution is 2.14. The predicted octanol–water partition coefficient (Wildman–Crippen LogP) is 2.47. The van der Waals surface area contributed by atoms with Gasteiger partial charge < -0.3 is 10.1 Å². The van der Waals surface area contributed by atoms with E-state index in [-0.39, 0.29) is 6.67 Å². The van der Waals surface area contributed by atoms with Crippen LogP contribution in [0.2, 0.25) is 0 Å². The van der Waals surface area contributed by atoms with Crippen LogP contribution in [-0.2, 0) is 0 Å². The number of hydrogen-bond acceptors (Lipinski definition) is 2. The number of benzene rings is 1. The van der Waals surface area contributed by atoms with Crippen LogP contribution in [0.3, 0.4) is 0 Å². The summed E-state index contributed by atoms with van der Waals surface area (Å²) in [6.07, 6.45) is 0.452. The minimum Gasteiger partial charge on any atom is -0.493 e. The summed E-state index contributed by atoms with van der Waals surface area (Å²) in [5, 5.41) is 3.01. The molecule has 0 aromatic heterocycles. The summed E-state index contributed by atoms with van der Waals surface area (Å²) < 4.78 is 17.0. The zero-order chi connectivity index (χ0) is 9.52. The Labute approximate surface area is 77.7 Å². The van der Waals surface area contributed by atoms with Crippen molar-refractivity contribution in [3.05, 3.63) is 24.3 Å². The van der Waals surface area contributed by atoms with E-state index in [1.807, 2.05) is 31.3 Å². The van der Waals surface area contributed by atoms with E-state index in [1.54, 1.807) is 0 Å². The van der Waals surface area contributed by atoms with Crippen LogP contribution in [0.25, 0.3) is 0 Å². The lowest BCUT2D eigenvalue weighted by atomic mass is 10.3. The topological polar surface area (TPSA) is 21.3 Å². The Morgan fingerprint density at radius 1 is 1.31 bits per heavy atom. The fourth-order valence-corrected chi connectivity index (χ4v) is 0.962. The Kier molecular flexibility index (Phi) is 4.09. The monoisotopic (exact) mass is 183 g/mol. The Hall–Kier alpha value is -1.25. The van der Waals surface area contributed by atoms with Gasteiger partial charge in [-0.1, -0.05) is 0 Å². The van der Waals surface area contributed by atoms with E-state index < -0.39 is 0 Å². The quantitative estimate of drug-likeness (QED) is 0.708. The summed E-state index contributed by atoms with van der Waals surface area (Å²) in [6, 6.07) is 7.57. The molecule has 0 amide bonds. The maximum absolute atomic E-state index is 11.7. The Balaban J connectivity index is 2.40. The van der Waals surface area contributed by atoms with Crippen molar-refractivity contribution < 1.29 is 9.13 Å². The van der Waals surface area contributed by atoms with Gasteiger partial charge in [-0.05, 0) is 24.3 Å². The van der Waals surface area contributed by atoms with Gasteiger partial charge >= 0.3 is 0 Å². The third kappa shape index (κ3) is 3.32. The molecular formula is C10H14FNO. The first kappa shape index (κ1) is 9.84. The first-order valence-corrected chi connectivity index (χ1v) is 4.33. The van der Waals surface area contributed by atoms with Gasteiger partial charge in [0.1, 0.15) is 5.75 Å². The van der Waals surface area contributed by atoms with Crippen LogP contribution >= 0.6 is 0 Å². The van der Waals surface area contributed by atoms with Crippen molar-refractivity contribution in [3.8, 4) is 5.75 Å². The molecule has 2 nitrogen and oxygen atoms in total. The summed E-state index contributed by atoms with van der Waals surface area (Å²) in [5.41, 5.74) is 1.04. The lowest BCUT2D eigenvalue weighted by molar-refractivity contribution is 0.289. The molecule has 0 saturated heterocycles. The number of anilines is 1. The second-order valence-corrected chi connectivity index (χ2v) is 2.67. The minimum atomic E-state index is -0.325. The second kappa shape index (κ2) is 5.41. The largest absolute Gasteiger partial charge is 0.493 e. The number of nitrogens with one attached hydrogen (secondary N) is 1. The van der Waals surface area contributed by atoms with Crippen molar-refractivity contribution in [1.82, 2.24) is 0 Å². The van der Waals surface area contributed by atoms with Crippen molar-refractivity contribution in [3.63, 3.8) is 0 Å². The zero-order valence-corrected chi connectivity index (χ0v) is 7.72. The van der Waals surface area contributed by atoms with Gasteiger partial charge in [0, 0.05) is 19.2 Å². The summed E-state index contributed by atoms with van der Waals surface area (Å²) >= 11 is 0. The Morgan fingerprint density at radius 2 is 2.00 bits per heavy atom. The number of rotatable bonds is 5. The molecule has 0 aliphatic carbocycles. The van der Waals surface area contributed by atoms with Gasteiger partial charge in [-0.25, -0.2) is 0 Å². The van der Waals surface area contributed by atoms with E-state index in [1.165, 1.54) is 0 Å². The van der Waals surface area contributed by atoms with Gasteiger partial charge in [-0.3, -0.25) is 4.39 Å². The van der Waals surface area contributed by atoms with Crippen LogP contribution in [0.1, 0.15) is 6.42 Å². The highest BCUT2D eigenvalue weighted by Gasteiger charge is 1.93. The standard InChI is InChI=1S/C10H14FNO/c1-12-9-3-5-10(6-4-9)13-8-2-7-11/h3-6,12H,2,7-8H2,1H3. The average Bonchev–Trinajstić information content (AvgIpc) is 2.19. The van der Waals surface area contributed by atoms with Crippen molar-refractivity contribution in [2.75, 3.05) is 25.6 Å². The molecule has 0 fully saturated rings. The summed E-state index contributed by atoms with van der Waals surface area (Å²) in [6.45, 7) is 0.115. The number of ether oxygens (including phenoxy) is 1. The molecule has 72 valence electrons. The van der Waals surface area contributed by atoms with Crippen molar-refractivity contribution >= 4 is 5.69 Å². The first-order valence-electron chi connectivity index (χ1n) is 4.33. The van der Waals surface area contributed by atoms with E-state index in [4.69, 9.17) is 4.74 Å². The molecule has 1 aromatic carbocycles. The predicted molar refractivity (Wildman–Crippen MR) is 52.1 cm³/mol. The second-order valence-electron chi connectivity index (χ2n) is 2.67. The molecule has 0 saturated carbocycles. The van der Waals surface area contributed by atoms with E-state index >= 15 is 0 Å². The van der Waals surface area contributed by atoms with E-state index in [0.717, 1.165) is 11.4 Å². The molecule has 0 aliphatic heterocycles. The van der Waals surface area contributed by atoms with E-state index in [0.29, 0.717) is 13.0 Å². The fourth-order valence-electron chi connectivity index (χ4n) is 0.962. The van der Waals surface area contributed by atoms with Gasteiger partial charge in [-0.15, -0.1) is 0 Å². The van der Waals surface area contributed by atoms with Crippen LogP contribution < -0.4 is 10.1 Å². The number of hydrogen-bond donors (Lipinski definition) is 1. The molecule has 0 spiro atoms. The van der Waals surface area contributed by atoms with E-state index in [9.17, 15) is 4.39 Å². The third-order valence-electron chi connectivity index (χ3n) is 1.69. The SMILES string of the molecule is CNc1ccc(OCCCF)cc1.